The molecule has 0 bridgehead atoms. The summed E-state index contributed by atoms with van der Waals surface area (Å²) in [6.07, 6.45) is 6.99. The topological polar surface area (TPSA) is 50.2 Å². The Morgan fingerprint density at radius 1 is 1.46 bits per heavy atom. The lowest BCUT2D eigenvalue weighted by Gasteiger charge is -2.34. The molecule has 1 amide bonds. The smallest absolute Gasteiger partial charge is 0.220 e. The predicted molar refractivity (Wildman–Crippen MR) is 94.8 cm³/mol. The molecule has 128 valence electrons. The molecule has 1 saturated carbocycles. The zero-order valence-corrected chi connectivity index (χ0v) is 14.9. The number of nitrogens with one attached hydrogen (secondary N) is 1. The fourth-order valence-corrected chi connectivity index (χ4v) is 4.35. The summed E-state index contributed by atoms with van der Waals surface area (Å²) in [7, 11) is 0. The van der Waals surface area contributed by atoms with E-state index in [9.17, 15) is 4.79 Å². The molecule has 2 aromatic heterocycles. The van der Waals surface area contributed by atoms with Crippen LogP contribution in [0.15, 0.2) is 24.0 Å². The molecule has 3 heterocycles. The van der Waals surface area contributed by atoms with Crippen LogP contribution < -0.4 is 5.32 Å². The molecule has 0 saturated heterocycles. The molecule has 0 aromatic carbocycles. The van der Waals surface area contributed by atoms with Crippen LogP contribution in [-0.2, 0) is 17.9 Å². The van der Waals surface area contributed by atoms with Crippen LogP contribution in [-0.4, -0.2) is 33.4 Å². The van der Waals surface area contributed by atoms with E-state index in [1.54, 1.807) is 0 Å². The van der Waals surface area contributed by atoms with Gasteiger partial charge in [0.15, 0.2) is 0 Å². The predicted octanol–water partition coefficient (Wildman–Crippen LogP) is 2.73. The van der Waals surface area contributed by atoms with Crippen LogP contribution in [0.1, 0.15) is 41.4 Å². The van der Waals surface area contributed by atoms with Crippen molar-refractivity contribution in [3.63, 3.8) is 0 Å². The summed E-state index contributed by atoms with van der Waals surface area (Å²) in [6, 6.07) is 2.45. The molecule has 0 unspecified atom stereocenters. The van der Waals surface area contributed by atoms with Crippen LogP contribution >= 0.6 is 11.3 Å². The SMILES string of the molecule is Cc1ccsc1CN1Cc2cncn2[C@@H](CNC(=O)CC2CC2)C1. The van der Waals surface area contributed by atoms with Crippen molar-refractivity contribution in [2.24, 2.45) is 5.92 Å². The number of carbonyl (C=O) groups is 1. The van der Waals surface area contributed by atoms with Gasteiger partial charge < -0.3 is 9.88 Å². The lowest BCUT2D eigenvalue weighted by atomic mass is 10.1. The van der Waals surface area contributed by atoms with Crippen molar-refractivity contribution in [2.45, 2.75) is 45.3 Å². The average Bonchev–Trinajstić information content (AvgIpc) is 3.08. The van der Waals surface area contributed by atoms with Gasteiger partial charge in [-0.05, 0) is 42.7 Å². The van der Waals surface area contributed by atoms with E-state index in [0.29, 0.717) is 18.9 Å². The van der Waals surface area contributed by atoms with Gasteiger partial charge in [0.2, 0.25) is 5.91 Å². The highest BCUT2D eigenvalue weighted by Crippen LogP contribution is 2.32. The normalized spacial score (nSPS) is 20.8. The molecule has 2 aliphatic rings. The number of fused-ring (bicyclic) bond motifs is 1. The molecule has 6 heteroatoms. The number of amides is 1. The second-order valence-corrected chi connectivity index (χ2v) is 8.09. The summed E-state index contributed by atoms with van der Waals surface area (Å²) in [5, 5.41) is 5.29. The molecule has 1 fully saturated rings. The Morgan fingerprint density at radius 2 is 2.33 bits per heavy atom. The number of hydrogen-bond donors (Lipinski definition) is 1. The van der Waals surface area contributed by atoms with Gasteiger partial charge in [-0.15, -0.1) is 11.3 Å². The van der Waals surface area contributed by atoms with Crippen molar-refractivity contribution in [1.82, 2.24) is 19.8 Å². The Kier molecular flexibility index (Phi) is 4.41. The monoisotopic (exact) mass is 344 g/mol. The van der Waals surface area contributed by atoms with Crippen LogP contribution in [0.25, 0.3) is 0 Å². The third kappa shape index (κ3) is 3.54. The van der Waals surface area contributed by atoms with Crippen LogP contribution in [0, 0.1) is 12.8 Å². The number of hydrogen-bond acceptors (Lipinski definition) is 4. The molecule has 4 rings (SSSR count). The zero-order chi connectivity index (χ0) is 16.5. The second kappa shape index (κ2) is 6.69. The molecule has 1 aliphatic carbocycles. The van der Waals surface area contributed by atoms with Gasteiger partial charge in [0.1, 0.15) is 0 Å². The molecule has 24 heavy (non-hydrogen) atoms. The zero-order valence-electron chi connectivity index (χ0n) is 14.1. The Labute approximate surface area is 146 Å². The Morgan fingerprint density at radius 3 is 3.08 bits per heavy atom. The summed E-state index contributed by atoms with van der Waals surface area (Å²) in [6.45, 7) is 5.71. The minimum atomic E-state index is 0.199. The Bertz CT molecular complexity index is 718. The Hall–Kier alpha value is -1.66. The van der Waals surface area contributed by atoms with Gasteiger partial charge in [-0.1, -0.05) is 0 Å². The van der Waals surface area contributed by atoms with Crippen molar-refractivity contribution in [3.05, 3.63) is 40.1 Å². The molecule has 2 aromatic rings. The summed E-state index contributed by atoms with van der Waals surface area (Å²) in [5.41, 5.74) is 2.60. The van der Waals surface area contributed by atoms with Gasteiger partial charge >= 0.3 is 0 Å². The van der Waals surface area contributed by atoms with Gasteiger partial charge in [0, 0.05) is 43.7 Å². The number of imidazole rings is 1. The van der Waals surface area contributed by atoms with E-state index in [4.69, 9.17) is 0 Å². The van der Waals surface area contributed by atoms with Gasteiger partial charge in [-0.3, -0.25) is 9.69 Å². The number of aromatic nitrogens is 2. The highest BCUT2D eigenvalue weighted by atomic mass is 32.1. The number of rotatable bonds is 6. The largest absolute Gasteiger partial charge is 0.354 e. The van der Waals surface area contributed by atoms with E-state index in [-0.39, 0.29) is 11.9 Å². The first-order valence-electron chi connectivity index (χ1n) is 8.72. The van der Waals surface area contributed by atoms with E-state index in [0.717, 1.165) is 19.6 Å². The van der Waals surface area contributed by atoms with Crippen molar-refractivity contribution >= 4 is 17.2 Å². The average molecular weight is 344 g/mol. The second-order valence-electron chi connectivity index (χ2n) is 7.09. The maximum atomic E-state index is 12.0. The third-order valence-electron chi connectivity index (χ3n) is 5.04. The minimum absolute atomic E-state index is 0.199. The van der Waals surface area contributed by atoms with E-state index < -0.39 is 0 Å². The van der Waals surface area contributed by atoms with E-state index in [1.807, 2.05) is 23.9 Å². The van der Waals surface area contributed by atoms with Crippen LogP contribution in [0.2, 0.25) is 0 Å². The summed E-state index contributed by atoms with van der Waals surface area (Å²) in [5.74, 6) is 0.837. The number of thiophene rings is 1. The van der Waals surface area contributed by atoms with Crippen molar-refractivity contribution < 1.29 is 4.79 Å². The van der Waals surface area contributed by atoms with Gasteiger partial charge in [0.25, 0.3) is 0 Å². The first kappa shape index (κ1) is 15.8. The molecular formula is C18H24N4OS. The van der Waals surface area contributed by atoms with E-state index in [1.165, 1.54) is 29.0 Å². The van der Waals surface area contributed by atoms with Crippen LogP contribution in [0.3, 0.4) is 0 Å². The fourth-order valence-electron chi connectivity index (χ4n) is 3.40. The number of nitrogens with zero attached hydrogens (tertiary/aromatic N) is 3. The highest BCUT2D eigenvalue weighted by molar-refractivity contribution is 7.10. The van der Waals surface area contributed by atoms with Gasteiger partial charge in [-0.25, -0.2) is 4.98 Å². The third-order valence-corrected chi connectivity index (χ3v) is 6.04. The van der Waals surface area contributed by atoms with Crippen molar-refractivity contribution in [1.29, 1.82) is 0 Å². The van der Waals surface area contributed by atoms with E-state index >= 15 is 0 Å². The lowest BCUT2D eigenvalue weighted by molar-refractivity contribution is -0.121. The van der Waals surface area contributed by atoms with Crippen molar-refractivity contribution in [2.75, 3.05) is 13.1 Å². The van der Waals surface area contributed by atoms with Crippen LogP contribution in [0.4, 0.5) is 0 Å². The first-order valence-corrected chi connectivity index (χ1v) is 9.59. The highest BCUT2D eigenvalue weighted by Gasteiger charge is 2.27. The Balaban J connectivity index is 1.40. The maximum absolute atomic E-state index is 12.0. The molecule has 0 radical (unpaired) electrons. The lowest BCUT2D eigenvalue weighted by Crippen LogP contribution is -2.42. The molecule has 1 atom stereocenters. The molecule has 0 spiro atoms. The van der Waals surface area contributed by atoms with E-state index in [2.05, 4.69) is 38.1 Å². The molecule has 1 aliphatic heterocycles. The number of carbonyl (C=O) groups excluding carboxylic acids is 1. The van der Waals surface area contributed by atoms with Gasteiger partial charge in [0.05, 0.1) is 18.1 Å². The molecule has 5 nitrogen and oxygen atoms in total. The summed E-state index contributed by atoms with van der Waals surface area (Å²) in [4.78, 5) is 20.2. The molecule has 1 N–H and O–H groups in total. The minimum Gasteiger partial charge on any atom is -0.354 e. The fraction of sp³-hybridized carbons (Fsp3) is 0.556. The standard InChI is InChI=1S/C18H24N4OS/c1-13-4-5-24-17(13)11-21-9-15-7-19-12-22(15)16(10-21)8-20-18(23)6-14-2-3-14/h4-5,7,12,14,16H,2-3,6,8-11H2,1H3,(H,20,23)/t16-/m0/s1. The molecular weight excluding hydrogens is 320 g/mol. The number of aryl methyl sites for hydroxylation is 1. The quantitative estimate of drug-likeness (QED) is 0.877. The first-order chi connectivity index (χ1) is 11.7. The van der Waals surface area contributed by atoms with Crippen LogP contribution in [0.5, 0.6) is 0 Å². The van der Waals surface area contributed by atoms with Crippen molar-refractivity contribution in [3.8, 4) is 0 Å². The summed E-state index contributed by atoms with van der Waals surface area (Å²) < 4.78 is 2.23. The maximum Gasteiger partial charge on any atom is 0.220 e. The van der Waals surface area contributed by atoms with Gasteiger partial charge in [-0.2, -0.15) is 0 Å². The summed E-state index contributed by atoms with van der Waals surface area (Å²) >= 11 is 1.83.